The number of benzene rings is 2. The standard InChI is InChI=1S/C11H7NO3/c13-7-10-5-8-3-1-2-4-9(8)6-11(10)12(14)15/h1-7H. The number of carbonyl (C=O) groups excluding carboxylic acids is 1. The Morgan fingerprint density at radius 3 is 2.27 bits per heavy atom. The highest BCUT2D eigenvalue weighted by atomic mass is 16.6. The molecule has 74 valence electrons. The van der Waals surface area contributed by atoms with E-state index in [-0.39, 0.29) is 11.3 Å². The molecule has 0 spiro atoms. The first-order chi connectivity index (χ1) is 7.22. The number of hydrogen-bond acceptors (Lipinski definition) is 3. The number of nitro groups is 1. The van der Waals surface area contributed by atoms with Crippen molar-refractivity contribution in [3.63, 3.8) is 0 Å². The summed E-state index contributed by atoms with van der Waals surface area (Å²) in [7, 11) is 0. The first kappa shape index (κ1) is 9.33. The number of rotatable bonds is 2. The fraction of sp³-hybridized carbons (Fsp3) is 0. The first-order valence-electron chi connectivity index (χ1n) is 4.35. The Bertz CT molecular complexity index is 549. The van der Waals surface area contributed by atoms with Crippen molar-refractivity contribution in [3.8, 4) is 0 Å². The molecule has 0 bridgehead atoms. The Hall–Kier alpha value is -2.23. The Morgan fingerprint density at radius 1 is 1.13 bits per heavy atom. The van der Waals surface area contributed by atoms with E-state index in [0.29, 0.717) is 6.29 Å². The van der Waals surface area contributed by atoms with Gasteiger partial charge in [-0.05, 0) is 16.8 Å². The number of nitro benzene ring substituents is 1. The Morgan fingerprint density at radius 2 is 1.73 bits per heavy atom. The number of fused-ring (bicyclic) bond motifs is 1. The quantitative estimate of drug-likeness (QED) is 0.426. The first-order valence-corrected chi connectivity index (χ1v) is 4.35. The monoisotopic (exact) mass is 201 g/mol. The number of carbonyl (C=O) groups is 1. The molecule has 0 aromatic heterocycles. The van der Waals surface area contributed by atoms with E-state index >= 15 is 0 Å². The third-order valence-corrected chi connectivity index (χ3v) is 2.22. The molecular weight excluding hydrogens is 194 g/mol. The van der Waals surface area contributed by atoms with E-state index in [1.165, 1.54) is 12.1 Å². The van der Waals surface area contributed by atoms with Crippen LogP contribution >= 0.6 is 0 Å². The van der Waals surface area contributed by atoms with Crippen LogP contribution in [0.5, 0.6) is 0 Å². The molecule has 0 saturated heterocycles. The molecule has 4 nitrogen and oxygen atoms in total. The summed E-state index contributed by atoms with van der Waals surface area (Å²) in [5.41, 5.74) is -0.0394. The molecule has 15 heavy (non-hydrogen) atoms. The van der Waals surface area contributed by atoms with E-state index in [4.69, 9.17) is 0 Å². The highest BCUT2D eigenvalue weighted by Crippen LogP contribution is 2.24. The normalized spacial score (nSPS) is 10.1. The lowest BCUT2D eigenvalue weighted by molar-refractivity contribution is -0.384. The van der Waals surface area contributed by atoms with E-state index in [1.807, 2.05) is 12.1 Å². The third kappa shape index (κ3) is 1.57. The molecule has 0 aliphatic heterocycles. The molecule has 0 N–H and O–H groups in total. The molecule has 2 aromatic rings. The second kappa shape index (κ2) is 3.49. The molecule has 0 unspecified atom stereocenters. The van der Waals surface area contributed by atoms with Gasteiger partial charge >= 0.3 is 0 Å². The zero-order valence-corrected chi connectivity index (χ0v) is 7.71. The molecule has 0 saturated carbocycles. The topological polar surface area (TPSA) is 60.2 Å². The highest BCUT2D eigenvalue weighted by Gasteiger charge is 2.13. The number of aldehydes is 1. The molecular formula is C11H7NO3. The van der Waals surface area contributed by atoms with Crippen LogP contribution in [0.1, 0.15) is 10.4 Å². The van der Waals surface area contributed by atoms with Crippen LogP contribution in [0.25, 0.3) is 10.8 Å². The van der Waals surface area contributed by atoms with E-state index in [0.717, 1.165) is 10.8 Å². The molecule has 0 atom stereocenters. The molecule has 0 fully saturated rings. The van der Waals surface area contributed by atoms with Crippen LogP contribution in [0.15, 0.2) is 36.4 Å². The van der Waals surface area contributed by atoms with Crippen molar-refractivity contribution in [1.82, 2.24) is 0 Å². The van der Waals surface area contributed by atoms with Crippen molar-refractivity contribution in [2.45, 2.75) is 0 Å². The van der Waals surface area contributed by atoms with Crippen molar-refractivity contribution in [2.75, 3.05) is 0 Å². The minimum Gasteiger partial charge on any atom is -0.298 e. The maximum Gasteiger partial charge on any atom is 0.280 e. The second-order valence-corrected chi connectivity index (χ2v) is 3.13. The minimum atomic E-state index is -0.545. The van der Waals surface area contributed by atoms with Gasteiger partial charge in [0.15, 0.2) is 6.29 Å². The van der Waals surface area contributed by atoms with Crippen LogP contribution in [0.2, 0.25) is 0 Å². The van der Waals surface area contributed by atoms with E-state index < -0.39 is 4.92 Å². The lowest BCUT2D eigenvalue weighted by atomic mass is 10.1. The predicted octanol–water partition coefficient (Wildman–Crippen LogP) is 2.56. The molecule has 2 aromatic carbocycles. The van der Waals surface area contributed by atoms with E-state index in [1.54, 1.807) is 12.1 Å². The summed E-state index contributed by atoms with van der Waals surface area (Å²) in [4.78, 5) is 20.8. The Balaban J connectivity index is 2.80. The summed E-state index contributed by atoms with van der Waals surface area (Å²) in [6.07, 6.45) is 0.505. The third-order valence-electron chi connectivity index (χ3n) is 2.22. The lowest BCUT2D eigenvalue weighted by Crippen LogP contribution is -1.94. The molecule has 0 amide bonds. The van der Waals surface area contributed by atoms with Gasteiger partial charge in [0, 0.05) is 6.07 Å². The average molecular weight is 201 g/mol. The fourth-order valence-electron chi connectivity index (χ4n) is 1.50. The van der Waals surface area contributed by atoms with Gasteiger partial charge in [-0.25, -0.2) is 0 Å². The van der Waals surface area contributed by atoms with Gasteiger partial charge in [-0.15, -0.1) is 0 Å². The maximum absolute atomic E-state index is 10.7. The van der Waals surface area contributed by atoms with E-state index in [9.17, 15) is 14.9 Å². The summed E-state index contributed by atoms with van der Waals surface area (Å²) in [6.45, 7) is 0. The molecule has 2 rings (SSSR count). The number of hydrogen-bond donors (Lipinski definition) is 0. The summed E-state index contributed by atoms with van der Waals surface area (Å²) >= 11 is 0. The van der Waals surface area contributed by atoms with Crippen LogP contribution in [-0.4, -0.2) is 11.2 Å². The summed E-state index contributed by atoms with van der Waals surface area (Å²) in [5, 5.41) is 12.3. The molecule has 0 aliphatic rings. The van der Waals surface area contributed by atoms with Gasteiger partial charge in [0.05, 0.1) is 10.5 Å². The smallest absolute Gasteiger partial charge is 0.280 e. The van der Waals surface area contributed by atoms with Gasteiger partial charge in [0.25, 0.3) is 5.69 Å². The maximum atomic E-state index is 10.7. The van der Waals surface area contributed by atoms with Crippen molar-refractivity contribution in [2.24, 2.45) is 0 Å². The van der Waals surface area contributed by atoms with Crippen molar-refractivity contribution < 1.29 is 9.72 Å². The van der Waals surface area contributed by atoms with Crippen LogP contribution in [0.3, 0.4) is 0 Å². The van der Waals surface area contributed by atoms with Gasteiger partial charge in [-0.2, -0.15) is 0 Å². The van der Waals surface area contributed by atoms with Crippen LogP contribution < -0.4 is 0 Å². The van der Waals surface area contributed by atoms with Gasteiger partial charge in [0.1, 0.15) is 0 Å². The number of nitrogens with zero attached hydrogens (tertiary/aromatic N) is 1. The summed E-state index contributed by atoms with van der Waals surface area (Å²) < 4.78 is 0. The van der Waals surface area contributed by atoms with Crippen LogP contribution in [0, 0.1) is 10.1 Å². The predicted molar refractivity (Wildman–Crippen MR) is 56.0 cm³/mol. The summed E-state index contributed by atoms with van der Waals surface area (Å²) in [6, 6.07) is 10.2. The van der Waals surface area contributed by atoms with Gasteiger partial charge in [-0.3, -0.25) is 14.9 Å². The van der Waals surface area contributed by atoms with Crippen LogP contribution in [0.4, 0.5) is 5.69 Å². The molecule has 0 aliphatic carbocycles. The van der Waals surface area contributed by atoms with Crippen molar-refractivity contribution in [3.05, 3.63) is 52.1 Å². The largest absolute Gasteiger partial charge is 0.298 e. The van der Waals surface area contributed by atoms with Gasteiger partial charge in [-0.1, -0.05) is 24.3 Å². The Kier molecular flexibility index (Phi) is 2.17. The van der Waals surface area contributed by atoms with Crippen molar-refractivity contribution >= 4 is 22.7 Å². The lowest BCUT2D eigenvalue weighted by Gasteiger charge is -1.99. The van der Waals surface area contributed by atoms with Gasteiger partial charge in [0.2, 0.25) is 0 Å². The zero-order chi connectivity index (χ0) is 10.8. The zero-order valence-electron chi connectivity index (χ0n) is 7.71. The Labute approximate surface area is 85.3 Å². The van der Waals surface area contributed by atoms with Crippen molar-refractivity contribution in [1.29, 1.82) is 0 Å². The second-order valence-electron chi connectivity index (χ2n) is 3.13. The van der Waals surface area contributed by atoms with Crippen LogP contribution in [-0.2, 0) is 0 Å². The highest BCUT2D eigenvalue weighted by molar-refractivity contribution is 5.93. The van der Waals surface area contributed by atoms with Gasteiger partial charge < -0.3 is 0 Å². The SMILES string of the molecule is O=Cc1cc2ccccc2cc1[N+](=O)[O-]. The molecule has 4 heteroatoms. The van der Waals surface area contributed by atoms with E-state index in [2.05, 4.69) is 0 Å². The fourth-order valence-corrected chi connectivity index (χ4v) is 1.50. The minimum absolute atomic E-state index is 0.110. The average Bonchev–Trinajstić information content (AvgIpc) is 2.27. The molecule has 0 heterocycles. The molecule has 0 radical (unpaired) electrons. The summed E-state index contributed by atoms with van der Waals surface area (Å²) in [5.74, 6) is 0.